The van der Waals surface area contributed by atoms with Gasteiger partial charge in [0.05, 0.1) is 0 Å². The molecule has 0 saturated heterocycles. The Morgan fingerprint density at radius 1 is 1.35 bits per heavy atom. The molecule has 5 nitrogen and oxygen atoms in total. The maximum absolute atomic E-state index is 12.0. The van der Waals surface area contributed by atoms with E-state index in [1.807, 2.05) is 12.1 Å². The van der Waals surface area contributed by atoms with Crippen molar-refractivity contribution in [3.63, 3.8) is 0 Å². The maximum Gasteiger partial charge on any atom is 0.319 e. The highest BCUT2D eigenvalue weighted by atomic mass is 16.2. The highest BCUT2D eigenvalue weighted by molar-refractivity contribution is 5.89. The van der Waals surface area contributed by atoms with Gasteiger partial charge in [-0.05, 0) is 45.1 Å². The fraction of sp³-hybridized carbons (Fsp3) is 0.533. The minimum Gasteiger partial charge on any atom is -0.399 e. The average molecular weight is 276 g/mol. The first kappa shape index (κ1) is 14.7. The minimum atomic E-state index is -0.177. The SMILES string of the molecule is CN(C)C1(CNC(=O)Nc2cccc(N)c2)CCCC1. The molecule has 4 N–H and O–H groups in total. The summed E-state index contributed by atoms with van der Waals surface area (Å²) in [7, 11) is 4.17. The molecule has 5 heteroatoms. The predicted octanol–water partition coefficient (Wildman–Crippen LogP) is 2.26. The van der Waals surface area contributed by atoms with Crippen molar-refractivity contribution < 1.29 is 4.79 Å². The van der Waals surface area contributed by atoms with E-state index < -0.39 is 0 Å². The first-order chi connectivity index (χ1) is 9.52. The van der Waals surface area contributed by atoms with Crippen molar-refractivity contribution in [3.8, 4) is 0 Å². The summed E-state index contributed by atoms with van der Waals surface area (Å²) in [6, 6.07) is 7.01. The van der Waals surface area contributed by atoms with Gasteiger partial charge in [0.15, 0.2) is 0 Å². The summed E-state index contributed by atoms with van der Waals surface area (Å²) in [5.74, 6) is 0. The third-order valence-electron chi connectivity index (χ3n) is 4.21. The third-order valence-corrected chi connectivity index (χ3v) is 4.21. The van der Waals surface area contributed by atoms with Gasteiger partial charge in [0, 0.05) is 23.5 Å². The summed E-state index contributed by atoms with van der Waals surface area (Å²) >= 11 is 0. The maximum atomic E-state index is 12.0. The summed E-state index contributed by atoms with van der Waals surface area (Å²) in [6.45, 7) is 0.675. The second-order valence-corrected chi connectivity index (χ2v) is 5.76. The number of urea groups is 1. The number of carbonyl (C=O) groups is 1. The molecule has 1 aromatic rings. The Labute approximate surface area is 120 Å². The van der Waals surface area contributed by atoms with E-state index in [4.69, 9.17) is 5.73 Å². The molecule has 1 fully saturated rings. The zero-order chi connectivity index (χ0) is 14.6. The smallest absolute Gasteiger partial charge is 0.319 e. The van der Waals surface area contributed by atoms with Crippen molar-refractivity contribution in [3.05, 3.63) is 24.3 Å². The van der Waals surface area contributed by atoms with Gasteiger partial charge < -0.3 is 21.3 Å². The number of nitrogens with zero attached hydrogens (tertiary/aromatic N) is 1. The normalized spacial score (nSPS) is 17.1. The fourth-order valence-corrected chi connectivity index (χ4v) is 2.85. The van der Waals surface area contributed by atoms with Gasteiger partial charge in [-0.3, -0.25) is 0 Å². The van der Waals surface area contributed by atoms with Crippen molar-refractivity contribution in [2.45, 2.75) is 31.2 Å². The molecule has 1 saturated carbocycles. The van der Waals surface area contributed by atoms with E-state index in [2.05, 4.69) is 29.6 Å². The number of likely N-dealkylation sites (N-methyl/N-ethyl adjacent to an activating group) is 1. The Morgan fingerprint density at radius 2 is 2.05 bits per heavy atom. The van der Waals surface area contributed by atoms with Crippen LogP contribution in [-0.2, 0) is 0 Å². The Hall–Kier alpha value is -1.75. The average Bonchev–Trinajstić information content (AvgIpc) is 2.86. The lowest BCUT2D eigenvalue weighted by molar-refractivity contribution is 0.156. The van der Waals surface area contributed by atoms with Crippen molar-refractivity contribution >= 4 is 17.4 Å². The molecule has 0 aromatic heterocycles. The minimum absolute atomic E-state index is 0.104. The van der Waals surface area contributed by atoms with E-state index in [1.54, 1.807) is 12.1 Å². The topological polar surface area (TPSA) is 70.4 Å². The Balaban J connectivity index is 1.88. The summed E-state index contributed by atoms with van der Waals surface area (Å²) in [5.41, 5.74) is 7.15. The van der Waals surface area contributed by atoms with Gasteiger partial charge in [0.2, 0.25) is 0 Å². The van der Waals surface area contributed by atoms with Gasteiger partial charge in [-0.25, -0.2) is 4.79 Å². The van der Waals surface area contributed by atoms with Crippen LogP contribution in [0.3, 0.4) is 0 Å². The highest BCUT2D eigenvalue weighted by Crippen LogP contribution is 2.33. The number of amides is 2. The zero-order valence-corrected chi connectivity index (χ0v) is 12.3. The van der Waals surface area contributed by atoms with Gasteiger partial charge in [0.25, 0.3) is 0 Å². The molecule has 20 heavy (non-hydrogen) atoms. The van der Waals surface area contributed by atoms with Crippen LogP contribution in [0.25, 0.3) is 0 Å². The number of anilines is 2. The Morgan fingerprint density at radius 3 is 2.65 bits per heavy atom. The lowest BCUT2D eigenvalue weighted by Gasteiger charge is -2.36. The van der Waals surface area contributed by atoms with Crippen LogP contribution >= 0.6 is 0 Å². The molecule has 0 bridgehead atoms. The monoisotopic (exact) mass is 276 g/mol. The van der Waals surface area contributed by atoms with E-state index in [1.165, 1.54) is 12.8 Å². The predicted molar refractivity (Wildman–Crippen MR) is 82.8 cm³/mol. The van der Waals surface area contributed by atoms with Crippen LogP contribution in [0.5, 0.6) is 0 Å². The number of rotatable bonds is 4. The number of nitrogens with one attached hydrogen (secondary N) is 2. The van der Waals surface area contributed by atoms with E-state index in [-0.39, 0.29) is 11.6 Å². The molecule has 0 aliphatic heterocycles. The summed E-state index contributed by atoms with van der Waals surface area (Å²) in [6.07, 6.45) is 4.74. The van der Waals surface area contributed by atoms with E-state index in [0.717, 1.165) is 12.8 Å². The van der Waals surface area contributed by atoms with Crippen molar-refractivity contribution in [2.24, 2.45) is 0 Å². The molecule has 110 valence electrons. The molecule has 0 heterocycles. The molecular weight excluding hydrogens is 252 g/mol. The lowest BCUT2D eigenvalue weighted by atomic mass is 9.96. The van der Waals surface area contributed by atoms with Gasteiger partial charge in [0.1, 0.15) is 0 Å². The van der Waals surface area contributed by atoms with Gasteiger partial charge in [-0.2, -0.15) is 0 Å². The second kappa shape index (κ2) is 6.13. The molecule has 0 radical (unpaired) electrons. The molecule has 0 atom stereocenters. The zero-order valence-electron chi connectivity index (χ0n) is 12.3. The molecular formula is C15H24N4O. The largest absolute Gasteiger partial charge is 0.399 e. The van der Waals surface area contributed by atoms with Crippen LogP contribution in [-0.4, -0.2) is 37.1 Å². The number of hydrogen-bond acceptors (Lipinski definition) is 3. The number of hydrogen-bond donors (Lipinski definition) is 3. The molecule has 1 aliphatic carbocycles. The van der Waals surface area contributed by atoms with Crippen molar-refractivity contribution in [1.29, 1.82) is 0 Å². The fourth-order valence-electron chi connectivity index (χ4n) is 2.85. The van der Waals surface area contributed by atoms with Crippen LogP contribution in [0.1, 0.15) is 25.7 Å². The van der Waals surface area contributed by atoms with Gasteiger partial charge in [-0.15, -0.1) is 0 Å². The van der Waals surface area contributed by atoms with Crippen LogP contribution in [0, 0.1) is 0 Å². The molecule has 0 spiro atoms. The molecule has 0 unspecified atom stereocenters. The third kappa shape index (κ3) is 3.42. The number of nitrogens with two attached hydrogens (primary N) is 1. The molecule has 1 aromatic carbocycles. The van der Waals surface area contributed by atoms with Crippen LogP contribution in [0.2, 0.25) is 0 Å². The van der Waals surface area contributed by atoms with E-state index in [0.29, 0.717) is 17.9 Å². The highest BCUT2D eigenvalue weighted by Gasteiger charge is 2.36. The molecule has 1 aliphatic rings. The lowest BCUT2D eigenvalue weighted by Crippen LogP contribution is -2.51. The van der Waals surface area contributed by atoms with Crippen LogP contribution in [0.4, 0.5) is 16.2 Å². The van der Waals surface area contributed by atoms with Gasteiger partial charge >= 0.3 is 6.03 Å². The quantitative estimate of drug-likeness (QED) is 0.739. The van der Waals surface area contributed by atoms with Gasteiger partial charge in [-0.1, -0.05) is 18.9 Å². The Kier molecular flexibility index (Phi) is 4.49. The molecule has 2 rings (SSSR count). The Bertz CT molecular complexity index is 467. The van der Waals surface area contributed by atoms with E-state index in [9.17, 15) is 4.79 Å². The molecule has 2 amide bonds. The van der Waals surface area contributed by atoms with Crippen LogP contribution < -0.4 is 16.4 Å². The van der Waals surface area contributed by atoms with Crippen molar-refractivity contribution in [2.75, 3.05) is 31.7 Å². The van der Waals surface area contributed by atoms with E-state index >= 15 is 0 Å². The second-order valence-electron chi connectivity index (χ2n) is 5.76. The first-order valence-electron chi connectivity index (χ1n) is 7.10. The number of carbonyl (C=O) groups excluding carboxylic acids is 1. The summed E-state index contributed by atoms with van der Waals surface area (Å²) in [5, 5.41) is 5.80. The van der Waals surface area contributed by atoms with Crippen LogP contribution in [0.15, 0.2) is 24.3 Å². The number of nitrogen functional groups attached to an aromatic ring is 1. The number of benzene rings is 1. The summed E-state index contributed by atoms with van der Waals surface area (Å²) < 4.78 is 0. The summed E-state index contributed by atoms with van der Waals surface area (Å²) in [4.78, 5) is 14.2. The first-order valence-corrected chi connectivity index (χ1v) is 7.10. The standard InChI is InChI=1S/C15H24N4O/c1-19(2)15(8-3-4-9-15)11-17-14(20)18-13-7-5-6-12(16)10-13/h5-7,10H,3-4,8-9,11,16H2,1-2H3,(H2,17,18,20). The van der Waals surface area contributed by atoms with Crippen molar-refractivity contribution in [1.82, 2.24) is 10.2 Å².